The van der Waals surface area contributed by atoms with Gasteiger partial charge >= 0.3 is 5.97 Å². The number of ether oxygens (including phenoxy) is 2. The maximum atomic E-state index is 11.6. The molecule has 3 N–H and O–H groups in total. The zero-order valence-corrected chi connectivity index (χ0v) is 14.3. The van der Waals surface area contributed by atoms with Gasteiger partial charge in [-0.05, 0) is 53.1 Å². The Hall–Kier alpha value is -3.47. The zero-order valence-electron chi connectivity index (χ0n) is 14.3. The number of rotatable bonds is 5. The van der Waals surface area contributed by atoms with E-state index in [9.17, 15) is 9.90 Å². The quantitative estimate of drug-likeness (QED) is 0.537. The molecule has 0 aliphatic rings. The second kappa shape index (κ2) is 7.61. The summed E-state index contributed by atoms with van der Waals surface area (Å²) in [6.07, 6.45) is 0. The van der Waals surface area contributed by atoms with Gasteiger partial charge in [0.15, 0.2) is 0 Å². The molecular weight excluding hydrogens is 330 g/mol. The molecule has 0 spiro atoms. The Balaban J connectivity index is 1.76. The van der Waals surface area contributed by atoms with Crippen molar-refractivity contribution in [3.8, 4) is 22.6 Å². The lowest BCUT2D eigenvalue weighted by molar-refractivity contribution is 0.0597. The fourth-order valence-electron chi connectivity index (χ4n) is 2.60. The Labute approximate surface area is 151 Å². The molecule has 0 amide bonds. The average Bonchev–Trinajstić information content (AvgIpc) is 2.67. The molecule has 132 valence electrons. The third-order valence-electron chi connectivity index (χ3n) is 3.93. The van der Waals surface area contributed by atoms with Gasteiger partial charge in [0, 0.05) is 5.69 Å². The van der Waals surface area contributed by atoms with Crippen LogP contribution in [-0.4, -0.2) is 18.2 Å². The minimum absolute atomic E-state index is 0.0681. The highest BCUT2D eigenvalue weighted by molar-refractivity contribution is 5.92. The number of phenols is 1. The van der Waals surface area contributed by atoms with E-state index < -0.39 is 5.97 Å². The maximum absolute atomic E-state index is 11.6. The van der Waals surface area contributed by atoms with Crippen LogP contribution in [0.1, 0.15) is 15.9 Å². The minimum Gasteiger partial charge on any atom is -0.507 e. The van der Waals surface area contributed by atoms with E-state index in [0.717, 1.165) is 16.7 Å². The van der Waals surface area contributed by atoms with Crippen LogP contribution in [0.3, 0.4) is 0 Å². The Bertz CT molecular complexity index is 937. The molecule has 0 aliphatic carbocycles. The highest BCUT2D eigenvalue weighted by Gasteiger charge is 2.12. The molecule has 0 aliphatic heterocycles. The molecule has 0 fully saturated rings. The Morgan fingerprint density at radius 3 is 2.46 bits per heavy atom. The van der Waals surface area contributed by atoms with E-state index in [1.165, 1.54) is 19.2 Å². The molecule has 0 bridgehead atoms. The van der Waals surface area contributed by atoms with Gasteiger partial charge in [-0.3, -0.25) is 0 Å². The summed E-state index contributed by atoms with van der Waals surface area (Å²) >= 11 is 0. The third-order valence-corrected chi connectivity index (χ3v) is 3.93. The van der Waals surface area contributed by atoms with Crippen molar-refractivity contribution in [1.82, 2.24) is 0 Å². The van der Waals surface area contributed by atoms with Gasteiger partial charge in [0.25, 0.3) is 0 Å². The molecule has 3 aromatic carbocycles. The maximum Gasteiger partial charge on any atom is 0.341 e. The van der Waals surface area contributed by atoms with Crippen LogP contribution in [0.4, 0.5) is 5.69 Å². The Morgan fingerprint density at radius 2 is 1.73 bits per heavy atom. The van der Waals surface area contributed by atoms with E-state index >= 15 is 0 Å². The number of nitrogens with two attached hydrogens (primary N) is 1. The number of methoxy groups -OCH3 is 1. The first-order chi connectivity index (χ1) is 12.6. The van der Waals surface area contributed by atoms with Crippen LogP contribution in [-0.2, 0) is 11.3 Å². The molecule has 0 unspecified atom stereocenters. The van der Waals surface area contributed by atoms with Crippen LogP contribution in [0.5, 0.6) is 11.5 Å². The van der Waals surface area contributed by atoms with Crippen molar-refractivity contribution in [3.63, 3.8) is 0 Å². The lowest BCUT2D eigenvalue weighted by Crippen LogP contribution is -2.03. The summed E-state index contributed by atoms with van der Waals surface area (Å²) in [4.78, 5) is 11.6. The number of nitrogen functional groups attached to an aromatic ring is 1. The molecule has 3 rings (SSSR count). The molecule has 5 heteroatoms. The van der Waals surface area contributed by atoms with E-state index in [1.807, 2.05) is 48.5 Å². The molecule has 3 aromatic rings. The molecule has 0 aromatic heterocycles. The summed E-state index contributed by atoms with van der Waals surface area (Å²) in [7, 11) is 1.26. The van der Waals surface area contributed by atoms with Crippen molar-refractivity contribution >= 4 is 11.7 Å². The average molecular weight is 349 g/mol. The summed E-state index contributed by atoms with van der Waals surface area (Å²) in [5.41, 5.74) is 9.67. The largest absolute Gasteiger partial charge is 0.507 e. The van der Waals surface area contributed by atoms with Crippen molar-refractivity contribution in [2.45, 2.75) is 6.61 Å². The first-order valence-corrected chi connectivity index (χ1v) is 8.06. The lowest BCUT2D eigenvalue weighted by Gasteiger charge is -2.10. The lowest BCUT2D eigenvalue weighted by atomic mass is 10.0. The van der Waals surface area contributed by atoms with Gasteiger partial charge in [-0.25, -0.2) is 4.79 Å². The van der Waals surface area contributed by atoms with Crippen molar-refractivity contribution in [2.75, 3.05) is 12.8 Å². The second-order valence-electron chi connectivity index (χ2n) is 5.79. The van der Waals surface area contributed by atoms with Gasteiger partial charge in [0.1, 0.15) is 23.7 Å². The highest BCUT2D eigenvalue weighted by atomic mass is 16.5. The van der Waals surface area contributed by atoms with Crippen molar-refractivity contribution < 1.29 is 19.4 Å². The summed E-state index contributed by atoms with van der Waals surface area (Å²) < 4.78 is 10.4. The van der Waals surface area contributed by atoms with Crippen LogP contribution in [0.25, 0.3) is 11.1 Å². The summed E-state index contributed by atoms with van der Waals surface area (Å²) in [6, 6.07) is 20.1. The number of carbonyl (C=O) groups is 1. The highest BCUT2D eigenvalue weighted by Crippen LogP contribution is 2.26. The smallest absolute Gasteiger partial charge is 0.341 e. The predicted molar refractivity (Wildman–Crippen MR) is 100 cm³/mol. The Morgan fingerprint density at radius 1 is 1.00 bits per heavy atom. The molecule has 5 nitrogen and oxygen atoms in total. The van der Waals surface area contributed by atoms with Crippen molar-refractivity contribution in [2.24, 2.45) is 0 Å². The monoisotopic (exact) mass is 349 g/mol. The van der Waals surface area contributed by atoms with Crippen molar-refractivity contribution in [1.29, 1.82) is 0 Å². The van der Waals surface area contributed by atoms with Crippen LogP contribution in [0.15, 0.2) is 66.7 Å². The number of benzene rings is 3. The summed E-state index contributed by atoms with van der Waals surface area (Å²) in [5.74, 6) is -0.290. The SMILES string of the molecule is COC(=O)c1cc(OCc2cccc(-c3cccc(N)c3)c2)ccc1O. The molecule has 0 saturated carbocycles. The number of carbonyl (C=O) groups excluding carboxylic acids is 1. The van der Waals surface area contributed by atoms with Gasteiger partial charge in [0.05, 0.1) is 7.11 Å². The molecule has 0 heterocycles. The van der Waals surface area contributed by atoms with E-state index in [0.29, 0.717) is 18.0 Å². The van der Waals surface area contributed by atoms with E-state index in [2.05, 4.69) is 4.74 Å². The number of hydrogen-bond acceptors (Lipinski definition) is 5. The fourth-order valence-corrected chi connectivity index (χ4v) is 2.60. The predicted octanol–water partition coefficient (Wildman–Crippen LogP) is 4.01. The number of anilines is 1. The molecule has 0 saturated heterocycles. The topological polar surface area (TPSA) is 81.8 Å². The van der Waals surface area contributed by atoms with E-state index in [4.69, 9.17) is 10.5 Å². The van der Waals surface area contributed by atoms with Gasteiger partial charge in [-0.1, -0.05) is 30.3 Å². The number of esters is 1. The molecule has 0 atom stereocenters. The summed E-state index contributed by atoms with van der Waals surface area (Å²) in [6.45, 7) is 0.321. The van der Waals surface area contributed by atoms with Crippen LogP contribution < -0.4 is 10.5 Å². The van der Waals surface area contributed by atoms with Gasteiger partial charge in [-0.2, -0.15) is 0 Å². The fraction of sp³-hybridized carbons (Fsp3) is 0.0952. The molecule has 26 heavy (non-hydrogen) atoms. The second-order valence-corrected chi connectivity index (χ2v) is 5.79. The first kappa shape index (κ1) is 17.4. The normalized spacial score (nSPS) is 10.3. The zero-order chi connectivity index (χ0) is 18.5. The van der Waals surface area contributed by atoms with Gasteiger partial charge in [0.2, 0.25) is 0 Å². The van der Waals surface area contributed by atoms with Crippen LogP contribution in [0.2, 0.25) is 0 Å². The molecular formula is C21H19NO4. The van der Waals surface area contributed by atoms with Crippen LogP contribution >= 0.6 is 0 Å². The minimum atomic E-state index is -0.614. The number of phenolic OH excluding ortho intramolecular Hbond substituents is 1. The van der Waals surface area contributed by atoms with E-state index in [-0.39, 0.29) is 11.3 Å². The van der Waals surface area contributed by atoms with Gasteiger partial charge in [-0.15, -0.1) is 0 Å². The first-order valence-electron chi connectivity index (χ1n) is 8.06. The van der Waals surface area contributed by atoms with Crippen molar-refractivity contribution in [3.05, 3.63) is 77.9 Å². The van der Waals surface area contributed by atoms with E-state index in [1.54, 1.807) is 6.07 Å². The Kier molecular flexibility index (Phi) is 5.08. The number of aromatic hydroxyl groups is 1. The third kappa shape index (κ3) is 3.95. The molecule has 0 radical (unpaired) electrons. The number of hydrogen-bond donors (Lipinski definition) is 2. The summed E-state index contributed by atoms with van der Waals surface area (Å²) in [5, 5.41) is 9.74. The standard InChI is InChI=1S/C21H19NO4/c1-25-21(24)19-12-18(8-9-20(19)23)26-13-14-4-2-5-15(10-14)16-6-3-7-17(22)11-16/h2-12,23H,13,22H2,1H3. The van der Waals surface area contributed by atoms with Gasteiger partial charge < -0.3 is 20.3 Å². The van der Waals surface area contributed by atoms with Crippen LogP contribution in [0, 0.1) is 0 Å².